The second-order valence-electron chi connectivity index (χ2n) is 3.32. The van der Waals surface area contributed by atoms with E-state index in [4.69, 9.17) is 11.6 Å². The van der Waals surface area contributed by atoms with Gasteiger partial charge in [0.15, 0.2) is 0 Å². The van der Waals surface area contributed by atoms with Crippen LogP contribution in [0, 0.1) is 6.92 Å². The molecule has 0 radical (unpaired) electrons. The van der Waals surface area contributed by atoms with E-state index in [9.17, 15) is 0 Å². The summed E-state index contributed by atoms with van der Waals surface area (Å²) in [5.74, 6) is 0. The highest BCUT2D eigenvalue weighted by Gasteiger charge is 2.20. The second-order valence-corrected chi connectivity index (χ2v) is 3.73. The van der Waals surface area contributed by atoms with E-state index in [0.717, 1.165) is 11.6 Å². The largest absolute Gasteiger partial charge is 0.310 e. The van der Waals surface area contributed by atoms with Gasteiger partial charge < -0.3 is 5.32 Å². The van der Waals surface area contributed by atoms with Crippen LogP contribution in [0.15, 0.2) is 18.2 Å². The summed E-state index contributed by atoms with van der Waals surface area (Å²) in [4.78, 5) is 0. The topological polar surface area (TPSA) is 12.0 Å². The lowest BCUT2D eigenvalue weighted by Crippen LogP contribution is -2.35. The standard InChI is InChI=1S/C10H12ClN/c1-7-2-3-8(9(11)6-7)10-4-5-12-10/h2-3,6,10,12H,4-5H2,1H3. The number of benzene rings is 1. The summed E-state index contributed by atoms with van der Waals surface area (Å²) in [5, 5.41) is 4.23. The van der Waals surface area contributed by atoms with Gasteiger partial charge >= 0.3 is 0 Å². The maximum absolute atomic E-state index is 6.10. The zero-order chi connectivity index (χ0) is 8.55. The molecule has 1 aromatic rings. The molecule has 1 aliphatic rings. The number of aryl methyl sites for hydroxylation is 1. The van der Waals surface area contributed by atoms with Gasteiger partial charge in [-0.15, -0.1) is 0 Å². The highest BCUT2D eigenvalue weighted by Crippen LogP contribution is 2.29. The van der Waals surface area contributed by atoms with Crippen LogP contribution in [0.4, 0.5) is 0 Å². The first-order valence-electron chi connectivity index (χ1n) is 4.27. The maximum Gasteiger partial charge on any atom is 0.0456 e. The molecule has 1 nitrogen and oxygen atoms in total. The third kappa shape index (κ3) is 1.35. The maximum atomic E-state index is 6.10. The van der Waals surface area contributed by atoms with Crippen LogP contribution in [0.25, 0.3) is 0 Å². The Morgan fingerprint density at radius 2 is 2.25 bits per heavy atom. The van der Waals surface area contributed by atoms with Crippen molar-refractivity contribution in [3.63, 3.8) is 0 Å². The van der Waals surface area contributed by atoms with Crippen molar-refractivity contribution >= 4 is 11.6 Å². The number of hydrogen-bond acceptors (Lipinski definition) is 1. The van der Waals surface area contributed by atoms with E-state index < -0.39 is 0 Å². The number of hydrogen-bond donors (Lipinski definition) is 1. The summed E-state index contributed by atoms with van der Waals surface area (Å²) in [6.07, 6.45) is 1.21. The summed E-state index contributed by atoms with van der Waals surface area (Å²) >= 11 is 6.10. The highest BCUT2D eigenvalue weighted by atomic mass is 35.5. The normalized spacial score (nSPS) is 22.0. The molecule has 0 aliphatic carbocycles. The highest BCUT2D eigenvalue weighted by molar-refractivity contribution is 6.31. The quantitative estimate of drug-likeness (QED) is 0.703. The van der Waals surface area contributed by atoms with Crippen LogP contribution in [0.5, 0.6) is 0 Å². The Bertz CT molecular complexity index is 292. The predicted molar refractivity (Wildman–Crippen MR) is 51.5 cm³/mol. The van der Waals surface area contributed by atoms with Gasteiger partial charge in [-0.25, -0.2) is 0 Å². The molecule has 1 unspecified atom stereocenters. The summed E-state index contributed by atoms with van der Waals surface area (Å²) in [5.41, 5.74) is 2.47. The van der Waals surface area contributed by atoms with Gasteiger partial charge in [0.25, 0.3) is 0 Å². The molecule has 0 bridgehead atoms. The average Bonchev–Trinajstić information content (AvgIpc) is 1.91. The van der Waals surface area contributed by atoms with Gasteiger partial charge in [0.1, 0.15) is 0 Å². The summed E-state index contributed by atoms with van der Waals surface area (Å²) in [7, 11) is 0. The lowest BCUT2D eigenvalue weighted by Gasteiger charge is -2.28. The zero-order valence-electron chi connectivity index (χ0n) is 7.10. The minimum absolute atomic E-state index is 0.498. The molecule has 0 amide bonds. The molecule has 2 heteroatoms. The first-order chi connectivity index (χ1) is 5.77. The van der Waals surface area contributed by atoms with Crippen molar-refractivity contribution in [3.05, 3.63) is 34.3 Å². The van der Waals surface area contributed by atoms with Crippen molar-refractivity contribution in [1.29, 1.82) is 0 Å². The molecule has 0 aromatic heterocycles. The Morgan fingerprint density at radius 1 is 1.50 bits per heavy atom. The number of halogens is 1. The Kier molecular flexibility index (Phi) is 2.07. The fraction of sp³-hybridized carbons (Fsp3) is 0.400. The molecule has 1 atom stereocenters. The van der Waals surface area contributed by atoms with E-state index in [1.54, 1.807) is 0 Å². The third-order valence-corrected chi connectivity index (χ3v) is 2.68. The monoisotopic (exact) mass is 181 g/mol. The molecule has 12 heavy (non-hydrogen) atoms. The van der Waals surface area contributed by atoms with Crippen molar-refractivity contribution in [1.82, 2.24) is 5.32 Å². The van der Waals surface area contributed by atoms with E-state index in [1.807, 2.05) is 6.07 Å². The summed E-state index contributed by atoms with van der Waals surface area (Å²) in [6.45, 7) is 3.18. The van der Waals surface area contributed by atoms with Gasteiger partial charge in [-0.05, 0) is 37.1 Å². The minimum atomic E-state index is 0.498. The Hall–Kier alpha value is -0.530. The molecule has 1 aliphatic heterocycles. The molecule has 1 saturated heterocycles. The first kappa shape index (κ1) is 8.09. The lowest BCUT2D eigenvalue weighted by molar-refractivity contribution is 0.383. The van der Waals surface area contributed by atoms with Crippen molar-refractivity contribution in [2.75, 3.05) is 6.54 Å². The van der Waals surface area contributed by atoms with E-state index in [1.165, 1.54) is 17.5 Å². The van der Waals surface area contributed by atoms with E-state index in [0.29, 0.717) is 6.04 Å². The number of nitrogens with one attached hydrogen (secondary N) is 1. The number of rotatable bonds is 1. The predicted octanol–water partition coefficient (Wildman–Crippen LogP) is 2.68. The van der Waals surface area contributed by atoms with Crippen molar-refractivity contribution in [2.24, 2.45) is 0 Å². The average molecular weight is 182 g/mol. The summed E-state index contributed by atoms with van der Waals surface area (Å²) < 4.78 is 0. The lowest BCUT2D eigenvalue weighted by atomic mass is 9.97. The fourth-order valence-electron chi connectivity index (χ4n) is 1.47. The van der Waals surface area contributed by atoms with Crippen LogP contribution in [-0.4, -0.2) is 6.54 Å². The van der Waals surface area contributed by atoms with Gasteiger partial charge in [0.2, 0.25) is 0 Å². The molecule has 1 N–H and O–H groups in total. The van der Waals surface area contributed by atoms with Crippen LogP contribution in [0.1, 0.15) is 23.6 Å². The van der Waals surface area contributed by atoms with Crippen molar-refractivity contribution < 1.29 is 0 Å². The van der Waals surface area contributed by atoms with Crippen molar-refractivity contribution in [3.8, 4) is 0 Å². The van der Waals surface area contributed by atoms with Crippen LogP contribution in [0.2, 0.25) is 5.02 Å². The van der Waals surface area contributed by atoms with E-state index in [-0.39, 0.29) is 0 Å². The van der Waals surface area contributed by atoms with Crippen LogP contribution in [0.3, 0.4) is 0 Å². The smallest absolute Gasteiger partial charge is 0.0456 e. The van der Waals surface area contributed by atoms with E-state index in [2.05, 4.69) is 24.4 Å². The van der Waals surface area contributed by atoms with Crippen molar-refractivity contribution in [2.45, 2.75) is 19.4 Å². The van der Waals surface area contributed by atoms with Gasteiger partial charge in [-0.3, -0.25) is 0 Å². The van der Waals surface area contributed by atoms with Gasteiger partial charge in [0, 0.05) is 11.1 Å². The molecule has 1 heterocycles. The van der Waals surface area contributed by atoms with Crippen LogP contribution < -0.4 is 5.32 Å². The molecule has 64 valence electrons. The molecule has 2 rings (SSSR count). The SMILES string of the molecule is Cc1ccc(C2CCN2)c(Cl)c1. The summed E-state index contributed by atoms with van der Waals surface area (Å²) in [6, 6.07) is 6.75. The Labute approximate surface area is 77.7 Å². The van der Waals surface area contributed by atoms with Gasteiger partial charge in [0.05, 0.1) is 0 Å². The minimum Gasteiger partial charge on any atom is -0.310 e. The Balaban J connectivity index is 2.31. The second kappa shape index (κ2) is 3.08. The zero-order valence-corrected chi connectivity index (χ0v) is 7.86. The molecule has 1 aromatic carbocycles. The molecule has 0 spiro atoms. The van der Waals surface area contributed by atoms with E-state index >= 15 is 0 Å². The Morgan fingerprint density at radius 3 is 2.75 bits per heavy atom. The fourth-order valence-corrected chi connectivity index (χ4v) is 1.84. The first-order valence-corrected chi connectivity index (χ1v) is 4.64. The van der Waals surface area contributed by atoms with Crippen LogP contribution >= 0.6 is 11.6 Å². The molecular formula is C10H12ClN. The third-order valence-electron chi connectivity index (χ3n) is 2.36. The molecular weight excluding hydrogens is 170 g/mol. The van der Waals surface area contributed by atoms with Gasteiger partial charge in [-0.1, -0.05) is 23.7 Å². The van der Waals surface area contributed by atoms with Crippen LogP contribution in [-0.2, 0) is 0 Å². The molecule has 1 fully saturated rings. The molecule has 0 saturated carbocycles. The van der Waals surface area contributed by atoms with Gasteiger partial charge in [-0.2, -0.15) is 0 Å².